The lowest BCUT2D eigenvalue weighted by Crippen LogP contribution is -2.45. The molecule has 0 saturated heterocycles. The van der Waals surface area contributed by atoms with Crippen molar-refractivity contribution in [3.8, 4) is 5.75 Å². The minimum absolute atomic E-state index is 0.0236. The normalized spacial score (nSPS) is 17.6. The van der Waals surface area contributed by atoms with Crippen LogP contribution in [0, 0.1) is 6.92 Å². The Morgan fingerprint density at radius 3 is 2.26 bits per heavy atom. The van der Waals surface area contributed by atoms with Gasteiger partial charge >= 0.3 is 0 Å². The second-order valence-electron chi connectivity index (χ2n) is 9.28. The summed E-state index contributed by atoms with van der Waals surface area (Å²) in [6.07, 6.45) is 1.52. The van der Waals surface area contributed by atoms with Crippen LogP contribution in [0.2, 0.25) is 0 Å². The van der Waals surface area contributed by atoms with E-state index in [4.69, 9.17) is 4.74 Å². The number of amides is 1. The number of nitrogens with one attached hydrogen (secondary N) is 1. The van der Waals surface area contributed by atoms with Gasteiger partial charge in [-0.15, -0.1) is 0 Å². The third kappa shape index (κ3) is 5.70. The Morgan fingerprint density at radius 1 is 1.09 bits per heavy atom. The molecule has 0 fully saturated rings. The Balaban J connectivity index is 1.84. The van der Waals surface area contributed by atoms with Crippen molar-refractivity contribution in [3.05, 3.63) is 53.6 Å². The Bertz CT molecular complexity index is 1290. The molecule has 1 atom stereocenters. The quantitative estimate of drug-likeness (QED) is 0.613. The average molecular weight is 510 g/mol. The first-order valence-corrected chi connectivity index (χ1v) is 14.0. The van der Waals surface area contributed by atoms with Crippen LogP contribution in [0.5, 0.6) is 5.75 Å². The first-order chi connectivity index (χ1) is 15.6. The zero-order chi connectivity index (χ0) is 25.5. The number of anilines is 1. The molecule has 186 valence electrons. The molecular weight excluding hydrogens is 478 g/mol. The van der Waals surface area contributed by atoms with Crippen LogP contribution < -0.4 is 14.4 Å². The van der Waals surface area contributed by atoms with E-state index in [2.05, 4.69) is 5.32 Å². The summed E-state index contributed by atoms with van der Waals surface area (Å²) in [5, 5.41) is 2.95. The lowest BCUT2D eigenvalue weighted by atomic mass is 9.89. The second kappa shape index (κ2) is 9.20. The first kappa shape index (κ1) is 26.0. The Kier molecular flexibility index (Phi) is 7.03. The number of aryl methyl sites for hydroxylation is 1. The van der Waals surface area contributed by atoms with Gasteiger partial charge in [0.05, 0.1) is 22.9 Å². The minimum atomic E-state index is -3.82. The van der Waals surface area contributed by atoms with E-state index in [1.165, 1.54) is 38.4 Å². The minimum Gasteiger partial charge on any atom is -0.487 e. The number of benzene rings is 2. The second-order valence-corrected chi connectivity index (χ2v) is 13.3. The molecular formula is C23H31N3O6S2. The van der Waals surface area contributed by atoms with Crippen LogP contribution in [0.1, 0.15) is 37.4 Å². The molecule has 1 aliphatic rings. The highest BCUT2D eigenvalue weighted by molar-refractivity contribution is 7.92. The molecule has 1 aliphatic heterocycles. The lowest BCUT2D eigenvalue weighted by Gasteiger charge is -2.38. The van der Waals surface area contributed by atoms with Crippen LogP contribution >= 0.6 is 0 Å². The number of hydrogen-bond donors (Lipinski definition) is 1. The van der Waals surface area contributed by atoms with E-state index in [9.17, 15) is 21.6 Å². The van der Waals surface area contributed by atoms with E-state index in [0.717, 1.165) is 26.0 Å². The van der Waals surface area contributed by atoms with Gasteiger partial charge in [0.25, 0.3) is 0 Å². The van der Waals surface area contributed by atoms with Crippen molar-refractivity contribution < 1.29 is 26.4 Å². The lowest BCUT2D eigenvalue weighted by molar-refractivity contribution is -0.120. The summed E-state index contributed by atoms with van der Waals surface area (Å²) in [6, 6.07) is 10.8. The smallest absolute Gasteiger partial charge is 0.242 e. The number of carbonyl (C=O) groups is 1. The van der Waals surface area contributed by atoms with Crippen molar-refractivity contribution in [2.75, 3.05) is 31.2 Å². The monoisotopic (exact) mass is 509 g/mol. The number of ether oxygens (including phenoxy) is 1. The van der Waals surface area contributed by atoms with Gasteiger partial charge in [-0.25, -0.2) is 21.1 Å². The highest BCUT2D eigenvalue weighted by Crippen LogP contribution is 2.39. The van der Waals surface area contributed by atoms with Crippen molar-refractivity contribution in [2.45, 2.75) is 43.7 Å². The molecule has 0 spiro atoms. The molecule has 0 saturated carbocycles. The van der Waals surface area contributed by atoms with Crippen molar-refractivity contribution in [2.24, 2.45) is 0 Å². The third-order valence-electron chi connectivity index (χ3n) is 5.55. The highest BCUT2D eigenvalue weighted by atomic mass is 32.2. The SMILES string of the molecule is Cc1ccc2c(c1)OC(C)(C)CC2NC(=O)CN(c1ccc(S(=O)(=O)N(C)C)cc1)S(C)(=O)=O. The summed E-state index contributed by atoms with van der Waals surface area (Å²) < 4.78 is 57.7. The van der Waals surface area contributed by atoms with Gasteiger partial charge in [0, 0.05) is 26.1 Å². The van der Waals surface area contributed by atoms with Crippen molar-refractivity contribution in [1.82, 2.24) is 9.62 Å². The maximum Gasteiger partial charge on any atom is 0.242 e. The summed E-state index contributed by atoms with van der Waals surface area (Å²) in [6.45, 7) is 5.38. The summed E-state index contributed by atoms with van der Waals surface area (Å²) in [5.74, 6) is 0.212. The van der Waals surface area contributed by atoms with Crippen LogP contribution in [0.25, 0.3) is 0 Å². The number of nitrogens with zero attached hydrogens (tertiary/aromatic N) is 2. The summed E-state index contributed by atoms with van der Waals surface area (Å²) in [7, 11) is -4.66. The van der Waals surface area contributed by atoms with Crippen LogP contribution in [0.3, 0.4) is 0 Å². The summed E-state index contributed by atoms with van der Waals surface area (Å²) >= 11 is 0. The molecule has 11 heteroatoms. The number of sulfonamides is 2. The van der Waals surface area contributed by atoms with E-state index in [0.29, 0.717) is 12.2 Å². The molecule has 0 aliphatic carbocycles. The number of fused-ring (bicyclic) bond motifs is 1. The van der Waals surface area contributed by atoms with E-state index in [1.807, 2.05) is 39.0 Å². The third-order valence-corrected chi connectivity index (χ3v) is 8.52. The van der Waals surface area contributed by atoms with E-state index in [1.54, 1.807) is 0 Å². The van der Waals surface area contributed by atoms with Crippen LogP contribution in [-0.2, 0) is 24.8 Å². The fourth-order valence-electron chi connectivity index (χ4n) is 3.85. The molecule has 1 heterocycles. The average Bonchev–Trinajstić information content (AvgIpc) is 2.70. The van der Waals surface area contributed by atoms with Gasteiger partial charge in [-0.2, -0.15) is 0 Å². The van der Waals surface area contributed by atoms with Gasteiger partial charge in [0.15, 0.2) is 0 Å². The molecule has 2 aromatic carbocycles. The van der Waals surface area contributed by atoms with E-state index in [-0.39, 0.29) is 16.6 Å². The molecule has 2 aromatic rings. The fraction of sp³-hybridized carbons (Fsp3) is 0.435. The van der Waals surface area contributed by atoms with Crippen LogP contribution in [-0.4, -0.2) is 59.5 Å². The van der Waals surface area contributed by atoms with Gasteiger partial charge in [-0.1, -0.05) is 12.1 Å². The maximum atomic E-state index is 13.0. The molecule has 1 N–H and O–H groups in total. The van der Waals surface area contributed by atoms with Gasteiger partial charge in [-0.3, -0.25) is 9.10 Å². The molecule has 0 radical (unpaired) electrons. The Labute approximate surface area is 201 Å². The predicted molar refractivity (Wildman–Crippen MR) is 131 cm³/mol. The Morgan fingerprint density at radius 2 is 1.71 bits per heavy atom. The van der Waals surface area contributed by atoms with Crippen LogP contribution in [0.4, 0.5) is 5.69 Å². The zero-order valence-electron chi connectivity index (χ0n) is 20.2. The standard InChI is InChI=1S/C23H31N3O6S2/c1-16-7-12-19-20(14-23(2,3)32-21(19)13-16)24-22(27)15-26(33(6,28)29)17-8-10-18(11-9-17)34(30,31)25(4)5/h7-13,20H,14-15H2,1-6H3,(H,24,27). The van der Waals surface area contributed by atoms with E-state index >= 15 is 0 Å². The largest absolute Gasteiger partial charge is 0.487 e. The molecule has 0 bridgehead atoms. The van der Waals surface area contributed by atoms with Gasteiger partial charge < -0.3 is 10.1 Å². The maximum absolute atomic E-state index is 13.0. The molecule has 34 heavy (non-hydrogen) atoms. The zero-order valence-corrected chi connectivity index (χ0v) is 21.8. The highest BCUT2D eigenvalue weighted by Gasteiger charge is 2.35. The molecule has 0 aromatic heterocycles. The molecule has 1 unspecified atom stereocenters. The summed E-state index contributed by atoms with van der Waals surface area (Å²) in [4.78, 5) is 13.0. The predicted octanol–water partition coefficient (Wildman–Crippen LogP) is 2.43. The molecule has 3 rings (SSSR count). The first-order valence-electron chi connectivity index (χ1n) is 10.7. The number of carbonyl (C=O) groups excluding carboxylic acids is 1. The number of hydrogen-bond acceptors (Lipinski definition) is 6. The van der Waals surface area contributed by atoms with Gasteiger partial charge in [-0.05, 0) is 56.7 Å². The van der Waals surface area contributed by atoms with Crippen molar-refractivity contribution in [1.29, 1.82) is 0 Å². The Hall–Kier alpha value is -2.63. The molecule has 9 nitrogen and oxygen atoms in total. The van der Waals surface area contributed by atoms with Gasteiger partial charge in [0.1, 0.15) is 17.9 Å². The fourth-order valence-corrected chi connectivity index (χ4v) is 5.61. The van der Waals surface area contributed by atoms with Crippen molar-refractivity contribution in [3.63, 3.8) is 0 Å². The topological polar surface area (TPSA) is 113 Å². The summed E-state index contributed by atoms with van der Waals surface area (Å²) in [5.41, 5.74) is 1.55. The molecule has 1 amide bonds. The number of rotatable bonds is 7. The van der Waals surface area contributed by atoms with Crippen molar-refractivity contribution >= 4 is 31.6 Å². The van der Waals surface area contributed by atoms with E-state index < -0.39 is 38.1 Å². The van der Waals surface area contributed by atoms with Gasteiger partial charge in [0.2, 0.25) is 26.0 Å². The van der Waals surface area contributed by atoms with Crippen LogP contribution in [0.15, 0.2) is 47.4 Å².